The highest BCUT2D eigenvalue weighted by atomic mass is 16.3. The molecule has 1 unspecified atom stereocenters. The Labute approximate surface area is 145 Å². The number of carbonyl (C=O) groups excluding carboxylic acids is 1. The first kappa shape index (κ1) is 18.7. The molecule has 24 heavy (non-hydrogen) atoms. The first-order valence-corrected chi connectivity index (χ1v) is 8.95. The predicted molar refractivity (Wildman–Crippen MR) is 98.3 cm³/mol. The zero-order valence-electron chi connectivity index (χ0n) is 15.1. The van der Waals surface area contributed by atoms with Gasteiger partial charge in [-0.2, -0.15) is 0 Å². The number of nitrogens with one attached hydrogen (secondary N) is 2. The van der Waals surface area contributed by atoms with E-state index in [1.807, 2.05) is 32.0 Å². The van der Waals surface area contributed by atoms with Crippen molar-refractivity contribution >= 4 is 11.7 Å². The van der Waals surface area contributed by atoms with Gasteiger partial charge in [0.1, 0.15) is 0 Å². The number of hydrogen-bond acceptors (Lipinski definition) is 3. The molecule has 3 N–H and O–H groups in total. The number of rotatable bonds is 7. The Morgan fingerprint density at radius 3 is 2.71 bits per heavy atom. The Bertz CT molecular complexity index is 537. The quantitative estimate of drug-likeness (QED) is 0.719. The number of likely N-dealkylation sites (tertiary alicyclic amines) is 1. The number of urea groups is 1. The third-order valence-electron chi connectivity index (χ3n) is 4.95. The highest BCUT2D eigenvalue weighted by Gasteiger charge is 2.25. The number of aliphatic hydroxyl groups is 1. The fraction of sp³-hybridized carbons (Fsp3) is 0.632. The maximum absolute atomic E-state index is 12.0. The molecule has 1 saturated heterocycles. The Morgan fingerprint density at radius 1 is 1.33 bits per heavy atom. The molecule has 2 amide bonds. The molecular weight excluding hydrogens is 302 g/mol. The molecular formula is C19H31N3O2. The topological polar surface area (TPSA) is 64.6 Å². The van der Waals surface area contributed by atoms with Crippen LogP contribution in [0.3, 0.4) is 0 Å². The van der Waals surface area contributed by atoms with Gasteiger partial charge in [-0.05, 0) is 62.9 Å². The van der Waals surface area contributed by atoms with E-state index in [4.69, 9.17) is 0 Å². The van der Waals surface area contributed by atoms with Gasteiger partial charge in [0.15, 0.2) is 0 Å². The van der Waals surface area contributed by atoms with Gasteiger partial charge in [0, 0.05) is 18.8 Å². The molecule has 1 atom stereocenters. The van der Waals surface area contributed by atoms with Gasteiger partial charge >= 0.3 is 6.03 Å². The summed E-state index contributed by atoms with van der Waals surface area (Å²) in [5, 5.41) is 15.8. The standard InChI is InChI=1S/C19H31N3O2/c1-15(2)19(3,24)14-20-18(23)21-17-8-6-7-16(13-17)9-12-22-10-4-5-11-22/h6-8,13,15,24H,4-5,9-12,14H2,1-3H3,(H2,20,21,23). The maximum atomic E-state index is 12.0. The van der Waals surface area contributed by atoms with Crippen LogP contribution in [0.4, 0.5) is 10.5 Å². The van der Waals surface area contributed by atoms with Crippen LogP contribution >= 0.6 is 0 Å². The van der Waals surface area contributed by atoms with Crippen molar-refractivity contribution < 1.29 is 9.90 Å². The smallest absolute Gasteiger partial charge is 0.319 e. The van der Waals surface area contributed by atoms with E-state index in [2.05, 4.69) is 21.6 Å². The number of amides is 2. The normalized spacial score (nSPS) is 17.7. The van der Waals surface area contributed by atoms with E-state index < -0.39 is 5.60 Å². The minimum absolute atomic E-state index is 0.0757. The van der Waals surface area contributed by atoms with Crippen LogP contribution in [0.1, 0.15) is 39.2 Å². The summed E-state index contributed by atoms with van der Waals surface area (Å²) in [5.41, 5.74) is 1.11. The molecule has 1 fully saturated rings. The Balaban J connectivity index is 1.81. The summed E-state index contributed by atoms with van der Waals surface area (Å²) in [6.07, 6.45) is 3.61. The van der Waals surface area contributed by atoms with Gasteiger partial charge in [0.2, 0.25) is 0 Å². The Morgan fingerprint density at radius 2 is 2.04 bits per heavy atom. The van der Waals surface area contributed by atoms with Crippen LogP contribution in [-0.4, -0.2) is 47.8 Å². The summed E-state index contributed by atoms with van der Waals surface area (Å²) in [4.78, 5) is 14.5. The third kappa shape index (κ3) is 5.80. The average Bonchev–Trinajstić information content (AvgIpc) is 3.05. The molecule has 1 aromatic rings. The maximum Gasteiger partial charge on any atom is 0.319 e. The van der Waals surface area contributed by atoms with E-state index in [0.717, 1.165) is 18.7 Å². The van der Waals surface area contributed by atoms with Gasteiger partial charge < -0.3 is 20.6 Å². The van der Waals surface area contributed by atoms with Crippen LogP contribution in [0.25, 0.3) is 0 Å². The van der Waals surface area contributed by atoms with Gasteiger partial charge in [-0.15, -0.1) is 0 Å². The molecule has 2 rings (SSSR count). The molecule has 134 valence electrons. The Kier molecular flexibility index (Phi) is 6.63. The number of benzene rings is 1. The van der Waals surface area contributed by atoms with E-state index in [1.165, 1.54) is 31.5 Å². The summed E-state index contributed by atoms with van der Waals surface area (Å²) in [7, 11) is 0. The van der Waals surface area contributed by atoms with Gasteiger partial charge in [-0.25, -0.2) is 4.79 Å². The van der Waals surface area contributed by atoms with Crippen LogP contribution < -0.4 is 10.6 Å². The highest BCUT2D eigenvalue weighted by molar-refractivity contribution is 5.89. The van der Waals surface area contributed by atoms with Crippen LogP contribution in [0, 0.1) is 5.92 Å². The molecule has 0 aliphatic carbocycles. The number of nitrogens with zero attached hydrogens (tertiary/aromatic N) is 1. The summed E-state index contributed by atoms with van der Waals surface area (Å²) in [5.74, 6) is 0.0757. The van der Waals surface area contributed by atoms with Crippen molar-refractivity contribution in [3.8, 4) is 0 Å². The van der Waals surface area contributed by atoms with Crippen LogP contribution in [0.15, 0.2) is 24.3 Å². The van der Waals surface area contributed by atoms with Crippen molar-refractivity contribution in [1.29, 1.82) is 0 Å². The van der Waals surface area contributed by atoms with Gasteiger partial charge in [-0.1, -0.05) is 26.0 Å². The lowest BCUT2D eigenvalue weighted by Gasteiger charge is -2.27. The number of hydrogen-bond donors (Lipinski definition) is 3. The van der Waals surface area contributed by atoms with Crippen molar-refractivity contribution in [3.05, 3.63) is 29.8 Å². The molecule has 1 heterocycles. The molecule has 0 aromatic heterocycles. The highest BCUT2D eigenvalue weighted by Crippen LogP contribution is 2.15. The van der Waals surface area contributed by atoms with Crippen molar-refractivity contribution in [2.45, 2.75) is 45.6 Å². The fourth-order valence-corrected chi connectivity index (χ4v) is 2.74. The number of anilines is 1. The Hall–Kier alpha value is -1.59. The van der Waals surface area contributed by atoms with E-state index in [9.17, 15) is 9.90 Å². The second-order valence-electron chi connectivity index (χ2n) is 7.32. The zero-order chi connectivity index (χ0) is 17.6. The monoisotopic (exact) mass is 333 g/mol. The first-order valence-electron chi connectivity index (χ1n) is 8.95. The average molecular weight is 333 g/mol. The van der Waals surface area contributed by atoms with Crippen molar-refractivity contribution in [3.63, 3.8) is 0 Å². The van der Waals surface area contributed by atoms with Crippen molar-refractivity contribution in [1.82, 2.24) is 10.2 Å². The van der Waals surface area contributed by atoms with Crippen molar-refractivity contribution in [2.75, 3.05) is 31.5 Å². The summed E-state index contributed by atoms with van der Waals surface area (Å²) in [6, 6.07) is 7.70. The summed E-state index contributed by atoms with van der Waals surface area (Å²) in [6.45, 7) is 9.31. The molecule has 5 heteroatoms. The SMILES string of the molecule is CC(C)C(C)(O)CNC(=O)Nc1cccc(CCN2CCCC2)c1. The van der Waals surface area contributed by atoms with E-state index >= 15 is 0 Å². The lowest BCUT2D eigenvalue weighted by Crippen LogP contribution is -2.45. The number of carbonyl (C=O) groups is 1. The molecule has 1 aliphatic heterocycles. The zero-order valence-corrected chi connectivity index (χ0v) is 15.1. The van der Waals surface area contributed by atoms with Crippen LogP contribution in [-0.2, 0) is 6.42 Å². The van der Waals surface area contributed by atoms with E-state index in [1.54, 1.807) is 6.92 Å². The van der Waals surface area contributed by atoms with E-state index in [-0.39, 0.29) is 18.5 Å². The minimum atomic E-state index is -0.908. The van der Waals surface area contributed by atoms with Gasteiger partial charge in [0.05, 0.1) is 5.60 Å². The second kappa shape index (κ2) is 8.49. The van der Waals surface area contributed by atoms with Gasteiger partial charge in [0.25, 0.3) is 0 Å². The molecule has 1 aromatic carbocycles. The lowest BCUT2D eigenvalue weighted by molar-refractivity contribution is 0.0170. The van der Waals surface area contributed by atoms with Crippen LogP contribution in [0.5, 0.6) is 0 Å². The predicted octanol–water partition coefficient (Wildman–Crippen LogP) is 2.85. The molecule has 1 aliphatic rings. The molecule has 0 radical (unpaired) electrons. The van der Waals surface area contributed by atoms with Gasteiger partial charge in [-0.3, -0.25) is 0 Å². The lowest BCUT2D eigenvalue weighted by atomic mass is 9.93. The molecule has 0 spiro atoms. The molecule has 0 saturated carbocycles. The van der Waals surface area contributed by atoms with Crippen molar-refractivity contribution in [2.24, 2.45) is 5.92 Å². The molecule has 0 bridgehead atoms. The van der Waals surface area contributed by atoms with Crippen LogP contribution in [0.2, 0.25) is 0 Å². The van der Waals surface area contributed by atoms with E-state index in [0.29, 0.717) is 0 Å². The first-order chi connectivity index (χ1) is 11.4. The third-order valence-corrected chi connectivity index (χ3v) is 4.95. The minimum Gasteiger partial charge on any atom is -0.388 e. The molecule has 5 nitrogen and oxygen atoms in total. The second-order valence-corrected chi connectivity index (χ2v) is 7.32. The largest absolute Gasteiger partial charge is 0.388 e. The summed E-state index contributed by atoms with van der Waals surface area (Å²) < 4.78 is 0. The fourth-order valence-electron chi connectivity index (χ4n) is 2.74. The summed E-state index contributed by atoms with van der Waals surface area (Å²) >= 11 is 0.